The number of rotatable bonds is 5. The number of phosphoric acid groups is 1. The zero-order valence-corrected chi connectivity index (χ0v) is 11.8. The maximum Gasteiger partial charge on any atom is 0.527 e. The molecular weight excluding hydrogens is 314 g/mol. The molecule has 0 bridgehead atoms. The Balaban J connectivity index is 2.85. The van der Waals surface area contributed by atoms with E-state index < -0.39 is 21.1 Å². The molecule has 0 spiro atoms. The van der Waals surface area contributed by atoms with E-state index in [-0.39, 0.29) is 11.5 Å². The van der Waals surface area contributed by atoms with Crippen molar-refractivity contribution < 1.29 is 42.4 Å². The molecule has 0 aliphatic heterocycles. The zero-order chi connectivity index (χ0) is 15.6. The van der Waals surface area contributed by atoms with Crippen LogP contribution in [0.15, 0.2) is 24.3 Å². The van der Waals surface area contributed by atoms with Gasteiger partial charge < -0.3 is 13.9 Å². The molecule has 0 saturated heterocycles. The van der Waals surface area contributed by atoms with Crippen LogP contribution in [0.2, 0.25) is 0 Å². The second kappa shape index (κ2) is 5.87. The molecule has 11 heteroatoms. The highest BCUT2D eigenvalue weighted by Crippen LogP contribution is 2.50. The molecule has 0 aromatic heterocycles. The van der Waals surface area contributed by atoms with Gasteiger partial charge in [-0.05, 0) is 31.2 Å². The zero-order valence-electron chi connectivity index (χ0n) is 9.99. The van der Waals surface area contributed by atoms with Crippen molar-refractivity contribution in [1.82, 2.24) is 0 Å². The van der Waals surface area contributed by atoms with Gasteiger partial charge in [0.05, 0.1) is 0 Å². The predicted molar refractivity (Wildman–Crippen MR) is 65.4 cm³/mol. The first kappa shape index (κ1) is 16.6. The third-order valence-electron chi connectivity index (χ3n) is 1.92. The van der Waals surface area contributed by atoms with Gasteiger partial charge in [-0.15, -0.1) is 0 Å². The smallest absolute Gasteiger partial charge is 0.417 e. The quantitative estimate of drug-likeness (QED) is 0.543. The molecule has 1 aromatic rings. The average Bonchev–Trinajstić information content (AvgIpc) is 2.26. The fourth-order valence-electron chi connectivity index (χ4n) is 1.08. The van der Waals surface area contributed by atoms with Crippen LogP contribution in [0.25, 0.3) is 0 Å². The number of hydrogen-bond acceptors (Lipinski definition) is 6. The Hall–Kier alpha value is -1.50. The Labute approximate surface area is 112 Å². The molecule has 0 fully saturated rings. The van der Waals surface area contributed by atoms with Gasteiger partial charge in [-0.25, -0.2) is 13.9 Å². The van der Waals surface area contributed by atoms with Crippen molar-refractivity contribution in [2.45, 2.75) is 6.92 Å². The second-order valence-electron chi connectivity index (χ2n) is 3.54. The molecule has 0 amide bonds. The average molecular weight is 324 g/mol. The van der Waals surface area contributed by atoms with Crippen LogP contribution < -0.4 is 4.52 Å². The van der Waals surface area contributed by atoms with E-state index in [0.717, 1.165) is 12.1 Å². The molecule has 9 nitrogen and oxygen atoms in total. The lowest BCUT2D eigenvalue weighted by molar-refractivity contribution is 0.101. The summed E-state index contributed by atoms with van der Waals surface area (Å²) in [5.74, 6) is -0.492. The van der Waals surface area contributed by atoms with Crippen LogP contribution in [-0.2, 0) is 13.7 Å². The highest BCUT2D eigenvalue weighted by molar-refractivity contribution is 7.71. The third kappa shape index (κ3) is 4.88. The minimum absolute atomic E-state index is 0.246. The van der Waals surface area contributed by atoms with E-state index in [2.05, 4.69) is 9.05 Å². The monoisotopic (exact) mass is 324 g/mol. The molecule has 0 saturated carbocycles. The van der Waals surface area contributed by atoms with Gasteiger partial charge in [0, 0.05) is 5.56 Å². The van der Waals surface area contributed by atoms with E-state index in [9.17, 15) is 23.6 Å². The van der Waals surface area contributed by atoms with E-state index in [0.29, 0.717) is 5.56 Å². The second-order valence-corrected chi connectivity index (χ2v) is 6.29. The summed E-state index contributed by atoms with van der Waals surface area (Å²) in [6.45, 7) is 1.31. The first-order valence-corrected chi connectivity index (χ1v) is 8.05. The van der Waals surface area contributed by atoms with Gasteiger partial charge in [-0.3, -0.25) is 14.6 Å². The molecule has 1 atom stereocenters. The Bertz CT molecular complexity index is 615. The molecule has 0 aliphatic rings. The molecule has 3 N–H and O–H groups in total. The number of benzene rings is 1. The van der Waals surface area contributed by atoms with E-state index in [1.54, 1.807) is 0 Å². The van der Waals surface area contributed by atoms with Crippen molar-refractivity contribution in [2.24, 2.45) is 0 Å². The molecule has 1 rings (SSSR count). The number of phosphoric ester groups is 1. The molecule has 110 valence electrons. The van der Waals surface area contributed by atoms with Crippen LogP contribution in [0.3, 0.4) is 0 Å². The van der Waals surface area contributed by atoms with Gasteiger partial charge in [0.15, 0.2) is 5.78 Å². The predicted octanol–water partition coefficient (Wildman–Crippen LogP) is 1.68. The highest BCUT2D eigenvalue weighted by atomic mass is 31.2. The summed E-state index contributed by atoms with van der Waals surface area (Å²) < 4.78 is 29.7. The van der Waals surface area contributed by atoms with Crippen LogP contribution in [0.4, 0.5) is 4.79 Å². The van der Waals surface area contributed by atoms with Crippen molar-refractivity contribution in [3.63, 3.8) is 0 Å². The van der Waals surface area contributed by atoms with Gasteiger partial charge in [0.2, 0.25) is 0 Å². The van der Waals surface area contributed by atoms with E-state index in [1.807, 2.05) is 0 Å². The summed E-state index contributed by atoms with van der Waals surface area (Å²) in [7, 11) is -10.3. The molecule has 1 aromatic carbocycles. The van der Waals surface area contributed by atoms with E-state index in [1.165, 1.54) is 19.1 Å². The van der Waals surface area contributed by atoms with Crippen molar-refractivity contribution in [2.75, 3.05) is 0 Å². The molecule has 0 heterocycles. The number of carbonyl (C=O) groups is 2. The van der Waals surface area contributed by atoms with E-state index in [4.69, 9.17) is 9.79 Å². The van der Waals surface area contributed by atoms with Crippen LogP contribution in [-0.4, -0.2) is 26.2 Å². The van der Waals surface area contributed by atoms with Crippen molar-refractivity contribution >= 4 is 26.9 Å². The summed E-state index contributed by atoms with van der Waals surface area (Å²) in [4.78, 5) is 48.0. The topological polar surface area (TPSA) is 147 Å². The van der Waals surface area contributed by atoms with E-state index >= 15 is 0 Å². The van der Waals surface area contributed by atoms with Gasteiger partial charge in [0.1, 0.15) is 5.75 Å². The van der Waals surface area contributed by atoms with Crippen LogP contribution in [0.1, 0.15) is 17.3 Å². The Morgan fingerprint density at radius 3 is 1.95 bits per heavy atom. The number of Topliss-reactive ketones (excluding diaryl/α,β-unsaturated/α-hetero) is 1. The fourth-order valence-corrected chi connectivity index (χ4v) is 2.50. The minimum Gasteiger partial charge on any atom is -0.417 e. The summed E-state index contributed by atoms with van der Waals surface area (Å²) in [5, 5.41) is 0. The maximum absolute atomic E-state index is 11.4. The minimum atomic E-state index is -5.25. The van der Waals surface area contributed by atoms with Crippen LogP contribution >= 0.6 is 15.4 Å². The molecule has 0 aliphatic carbocycles. The number of hydrogen-bond donors (Lipinski definition) is 3. The lowest BCUT2D eigenvalue weighted by Crippen LogP contribution is -2.06. The normalized spacial score (nSPS) is 14.2. The molecule has 0 radical (unpaired) electrons. The summed E-state index contributed by atoms with van der Waals surface area (Å²) in [5.41, 5.74) is -1.77. The summed E-state index contributed by atoms with van der Waals surface area (Å²) in [6.07, 6.45) is 0. The largest absolute Gasteiger partial charge is 0.527 e. The Morgan fingerprint density at radius 2 is 1.55 bits per heavy atom. The highest BCUT2D eigenvalue weighted by Gasteiger charge is 2.39. The van der Waals surface area contributed by atoms with Crippen LogP contribution in [0.5, 0.6) is 5.75 Å². The van der Waals surface area contributed by atoms with Crippen molar-refractivity contribution in [3.05, 3.63) is 29.8 Å². The molecule has 20 heavy (non-hydrogen) atoms. The standard InChI is InChI=1S/C9H10O9P2/c1-6(10)7-2-4-8(5-3-7)17-19(12,13)9(11)18-20(14,15)16/h2-5H,1H3,(H,12,13)(H2,14,15,16). The van der Waals surface area contributed by atoms with Crippen LogP contribution in [0, 0.1) is 0 Å². The SMILES string of the molecule is CC(=O)c1ccc(OP(=O)(O)C(=O)OP(=O)(O)O)cc1. The lowest BCUT2D eigenvalue weighted by atomic mass is 10.1. The first-order valence-electron chi connectivity index (χ1n) is 4.94. The van der Waals surface area contributed by atoms with Crippen molar-refractivity contribution in [1.29, 1.82) is 0 Å². The van der Waals surface area contributed by atoms with Gasteiger partial charge in [-0.2, -0.15) is 0 Å². The number of ketones is 1. The van der Waals surface area contributed by atoms with Gasteiger partial charge >= 0.3 is 21.1 Å². The van der Waals surface area contributed by atoms with Gasteiger partial charge in [-0.1, -0.05) is 0 Å². The fraction of sp³-hybridized carbons (Fsp3) is 0.111. The lowest BCUT2D eigenvalue weighted by Gasteiger charge is -2.12. The third-order valence-corrected chi connectivity index (χ3v) is 3.48. The summed E-state index contributed by atoms with van der Waals surface area (Å²) in [6, 6.07) is 4.85. The first-order chi connectivity index (χ1) is 9.01. The van der Waals surface area contributed by atoms with Gasteiger partial charge in [0.25, 0.3) is 0 Å². The maximum atomic E-state index is 11.4. The Kier molecular flexibility index (Phi) is 4.86. The Morgan fingerprint density at radius 1 is 1.05 bits per heavy atom. The summed E-state index contributed by atoms with van der Waals surface area (Å²) >= 11 is 0. The van der Waals surface area contributed by atoms with Crippen molar-refractivity contribution in [3.8, 4) is 5.75 Å². The number of carbonyl (C=O) groups excluding carboxylic acids is 2. The molecule has 1 unspecified atom stereocenters. The molecular formula is C9H10O9P2.